The van der Waals surface area contributed by atoms with E-state index in [1.165, 1.54) is 0 Å². The zero-order valence-electron chi connectivity index (χ0n) is 24.1. The van der Waals surface area contributed by atoms with E-state index in [2.05, 4.69) is 24.5 Å². The molecule has 1 heterocycles. The van der Waals surface area contributed by atoms with E-state index in [1.807, 2.05) is 0 Å². The van der Waals surface area contributed by atoms with Gasteiger partial charge in [-0.05, 0) is 69.1 Å². The lowest BCUT2D eigenvalue weighted by Crippen LogP contribution is -2.60. The molecule has 218 valence electrons. The summed E-state index contributed by atoms with van der Waals surface area (Å²) in [5.74, 6) is -2.29. The van der Waals surface area contributed by atoms with E-state index in [0.717, 1.165) is 51.4 Å². The minimum Gasteiger partial charge on any atom is -0.444 e. The quantitative estimate of drug-likeness (QED) is 0.379. The molecule has 4 rings (SSSR count). The van der Waals surface area contributed by atoms with Crippen LogP contribution in [0.2, 0.25) is 0 Å². The largest absolute Gasteiger partial charge is 0.444 e. The van der Waals surface area contributed by atoms with Crippen molar-refractivity contribution in [2.45, 2.75) is 116 Å². The van der Waals surface area contributed by atoms with Gasteiger partial charge in [-0.25, -0.2) is 4.79 Å². The van der Waals surface area contributed by atoms with Crippen LogP contribution >= 0.6 is 0 Å². The lowest BCUT2D eigenvalue weighted by molar-refractivity contribution is -0.144. The highest BCUT2D eigenvalue weighted by atomic mass is 16.6. The van der Waals surface area contributed by atoms with Crippen LogP contribution in [0.15, 0.2) is 0 Å². The molecule has 0 aromatic carbocycles. The molecule has 10 heteroatoms. The van der Waals surface area contributed by atoms with E-state index < -0.39 is 47.4 Å². The van der Waals surface area contributed by atoms with Crippen molar-refractivity contribution in [2.24, 2.45) is 34.8 Å². The topological polar surface area (TPSA) is 148 Å². The van der Waals surface area contributed by atoms with E-state index >= 15 is 0 Å². The zero-order chi connectivity index (χ0) is 28.7. The third-order valence-corrected chi connectivity index (χ3v) is 9.49. The third-order valence-electron chi connectivity index (χ3n) is 9.49. The highest BCUT2D eigenvalue weighted by Gasteiger charge is 2.69. The van der Waals surface area contributed by atoms with Crippen LogP contribution in [0.4, 0.5) is 4.79 Å². The number of alkyl carbamates (subject to hydrolysis) is 1. The summed E-state index contributed by atoms with van der Waals surface area (Å²) < 4.78 is 5.48. The van der Waals surface area contributed by atoms with Gasteiger partial charge >= 0.3 is 6.09 Å². The lowest BCUT2D eigenvalue weighted by atomic mass is 9.80. The van der Waals surface area contributed by atoms with Crippen LogP contribution in [0.25, 0.3) is 0 Å². The fraction of sp³-hybridized carbons (Fsp3) is 0.828. The Hall–Kier alpha value is -2.65. The predicted molar refractivity (Wildman–Crippen MR) is 144 cm³/mol. The second kappa shape index (κ2) is 11.1. The number of carbonyl (C=O) groups is 5. The lowest BCUT2D eigenvalue weighted by Gasteiger charge is -2.37. The molecule has 4 aliphatic rings. The Morgan fingerprint density at radius 3 is 2.15 bits per heavy atom. The second-order valence-electron chi connectivity index (χ2n) is 13.7. The molecule has 1 saturated heterocycles. The molecule has 0 spiro atoms. The monoisotopic (exact) mass is 546 g/mol. The van der Waals surface area contributed by atoms with Crippen molar-refractivity contribution in [2.75, 3.05) is 6.54 Å². The Bertz CT molecular complexity index is 994. The number of ether oxygens (including phenoxy) is 1. The summed E-state index contributed by atoms with van der Waals surface area (Å²) in [4.78, 5) is 66.7. The first kappa shape index (κ1) is 29.3. The van der Waals surface area contributed by atoms with Gasteiger partial charge in [0.15, 0.2) is 0 Å². The van der Waals surface area contributed by atoms with Crippen molar-refractivity contribution < 1.29 is 28.7 Å². The predicted octanol–water partition coefficient (Wildman–Crippen LogP) is 2.67. The van der Waals surface area contributed by atoms with Crippen LogP contribution in [0, 0.1) is 29.1 Å². The number of nitrogens with two attached hydrogens (primary N) is 1. The Morgan fingerprint density at radius 1 is 0.974 bits per heavy atom. The molecule has 0 bridgehead atoms. The maximum Gasteiger partial charge on any atom is 0.408 e. The van der Waals surface area contributed by atoms with Gasteiger partial charge in [-0.15, -0.1) is 0 Å². The molecule has 10 nitrogen and oxygen atoms in total. The van der Waals surface area contributed by atoms with E-state index in [1.54, 1.807) is 25.7 Å². The molecule has 3 saturated carbocycles. The number of hydrogen-bond acceptors (Lipinski definition) is 6. The minimum absolute atomic E-state index is 0.0461. The average molecular weight is 547 g/mol. The van der Waals surface area contributed by atoms with Crippen molar-refractivity contribution in [3.8, 4) is 0 Å². The van der Waals surface area contributed by atoms with Crippen LogP contribution in [0.1, 0.15) is 92.4 Å². The zero-order valence-corrected chi connectivity index (χ0v) is 24.1. The van der Waals surface area contributed by atoms with Crippen LogP contribution in [-0.4, -0.2) is 64.8 Å². The number of fused-ring (bicyclic) bond motifs is 1. The number of likely N-dealkylation sites (tertiary alicyclic amines) is 1. The number of nitrogens with one attached hydrogen (secondary N) is 2. The van der Waals surface area contributed by atoms with Crippen LogP contribution in [0.3, 0.4) is 0 Å². The van der Waals surface area contributed by atoms with Crippen molar-refractivity contribution >= 4 is 29.6 Å². The molecule has 0 aromatic rings. The summed E-state index contributed by atoms with van der Waals surface area (Å²) >= 11 is 0. The van der Waals surface area contributed by atoms with Gasteiger partial charge in [0.05, 0.1) is 6.04 Å². The number of hydrogen-bond donors (Lipinski definition) is 3. The third kappa shape index (κ3) is 6.40. The second-order valence-corrected chi connectivity index (χ2v) is 13.7. The number of Topliss-reactive ketones (excluding diaryl/α,β-unsaturated/α-hetero) is 1. The summed E-state index contributed by atoms with van der Waals surface area (Å²) in [6, 6.07) is -2.57. The fourth-order valence-corrected chi connectivity index (χ4v) is 7.00. The molecule has 5 atom stereocenters. The first-order valence-corrected chi connectivity index (χ1v) is 14.6. The van der Waals surface area contributed by atoms with Gasteiger partial charge in [0.25, 0.3) is 5.91 Å². The number of carbonyl (C=O) groups excluding carboxylic acids is 5. The number of rotatable bonds is 9. The van der Waals surface area contributed by atoms with E-state index in [9.17, 15) is 24.0 Å². The standard InChI is InChI=1S/C29H46N4O6/c1-28(2,3)39-27(38)32-21(17-12-7-6-8-13-17)26(37)33-15-18-20(29(18,4)5)22(33)25(36)31-19(23(34)24(30)35)14-16-10-9-11-16/h16-22H,6-15H2,1-5H3,(H2,30,35)(H,31,36)(H,32,38)/t18?,19?,20-,21-,22-/m0/s1. The number of primary amides is 1. The molecule has 4 N–H and O–H groups in total. The molecule has 4 amide bonds. The number of nitrogens with zero attached hydrogens (tertiary/aromatic N) is 1. The molecular weight excluding hydrogens is 500 g/mol. The highest BCUT2D eigenvalue weighted by Crippen LogP contribution is 2.65. The number of ketones is 1. The molecule has 2 unspecified atom stereocenters. The van der Waals surface area contributed by atoms with Crippen LogP contribution < -0.4 is 16.4 Å². The van der Waals surface area contributed by atoms with Crippen LogP contribution in [-0.2, 0) is 23.9 Å². The maximum absolute atomic E-state index is 14.1. The van der Waals surface area contributed by atoms with Crippen molar-refractivity contribution in [1.82, 2.24) is 15.5 Å². The summed E-state index contributed by atoms with van der Waals surface area (Å²) in [7, 11) is 0. The molecule has 1 aliphatic heterocycles. The summed E-state index contributed by atoms with van der Waals surface area (Å²) in [6.07, 6.45) is 7.35. The molecule has 0 radical (unpaired) electrons. The summed E-state index contributed by atoms with van der Waals surface area (Å²) in [5.41, 5.74) is 4.47. The minimum atomic E-state index is -1.07. The molecular formula is C29H46N4O6. The normalized spacial score (nSPS) is 27.9. The molecule has 4 fully saturated rings. The molecule has 39 heavy (non-hydrogen) atoms. The summed E-state index contributed by atoms with van der Waals surface area (Å²) in [5, 5.41) is 5.66. The summed E-state index contributed by atoms with van der Waals surface area (Å²) in [6.45, 7) is 9.89. The van der Waals surface area contributed by atoms with Crippen molar-refractivity contribution in [1.29, 1.82) is 0 Å². The van der Waals surface area contributed by atoms with E-state index in [4.69, 9.17) is 10.5 Å². The van der Waals surface area contributed by atoms with Gasteiger partial charge in [-0.2, -0.15) is 0 Å². The van der Waals surface area contributed by atoms with Crippen molar-refractivity contribution in [3.05, 3.63) is 0 Å². The fourth-order valence-electron chi connectivity index (χ4n) is 7.00. The molecule has 3 aliphatic carbocycles. The Balaban J connectivity index is 1.55. The SMILES string of the molecule is CC(C)(C)OC(=O)N[C@H](C(=O)N1CC2[C@@H]([C@H]1C(=O)NC(CC1CCC1)C(=O)C(N)=O)C2(C)C)C1CCCCC1. The number of amides is 4. The van der Waals surface area contributed by atoms with Gasteiger partial charge in [0, 0.05) is 6.54 Å². The van der Waals surface area contributed by atoms with Gasteiger partial charge in [-0.3, -0.25) is 19.2 Å². The van der Waals surface area contributed by atoms with Gasteiger partial charge in [0.2, 0.25) is 17.6 Å². The van der Waals surface area contributed by atoms with Gasteiger partial charge in [-0.1, -0.05) is 52.4 Å². The Morgan fingerprint density at radius 2 is 1.62 bits per heavy atom. The van der Waals surface area contributed by atoms with E-state index in [0.29, 0.717) is 13.0 Å². The van der Waals surface area contributed by atoms with Crippen molar-refractivity contribution in [3.63, 3.8) is 0 Å². The smallest absolute Gasteiger partial charge is 0.408 e. The van der Waals surface area contributed by atoms with E-state index in [-0.39, 0.29) is 35.0 Å². The Labute approximate surface area is 231 Å². The first-order chi connectivity index (χ1) is 18.2. The van der Waals surface area contributed by atoms with Gasteiger partial charge < -0.3 is 26.0 Å². The maximum atomic E-state index is 14.1. The molecule has 0 aromatic heterocycles. The van der Waals surface area contributed by atoms with Crippen LogP contribution in [0.5, 0.6) is 0 Å². The average Bonchev–Trinajstić information content (AvgIpc) is 3.15. The highest BCUT2D eigenvalue weighted by molar-refractivity contribution is 6.37. The first-order valence-electron chi connectivity index (χ1n) is 14.6. The van der Waals surface area contributed by atoms with Gasteiger partial charge in [0.1, 0.15) is 17.7 Å². The Kier molecular flexibility index (Phi) is 8.34. The number of piperidine rings is 1.